The maximum absolute atomic E-state index is 5.88. The molecule has 1 aliphatic rings. The van der Waals surface area contributed by atoms with Crippen molar-refractivity contribution in [1.82, 2.24) is 9.80 Å². The zero-order valence-corrected chi connectivity index (χ0v) is 12.1. The van der Waals surface area contributed by atoms with Gasteiger partial charge >= 0.3 is 0 Å². The molecule has 106 valence electrons. The molecule has 1 saturated heterocycles. The van der Waals surface area contributed by atoms with Crippen LogP contribution in [0.15, 0.2) is 18.2 Å². The van der Waals surface area contributed by atoms with Crippen molar-refractivity contribution >= 4 is 5.69 Å². The molecule has 19 heavy (non-hydrogen) atoms. The topological polar surface area (TPSA) is 41.7 Å². The summed E-state index contributed by atoms with van der Waals surface area (Å²) >= 11 is 0. The summed E-state index contributed by atoms with van der Waals surface area (Å²) in [6.45, 7) is 5.70. The first-order valence-electron chi connectivity index (χ1n) is 7.02. The third-order valence-corrected chi connectivity index (χ3v) is 3.67. The lowest BCUT2D eigenvalue weighted by Gasteiger charge is -2.21. The van der Waals surface area contributed by atoms with E-state index >= 15 is 0 Å². The van der Waals surface area contributed by atoms with Crippen molar-refractivity contribution in [1.29, 1.82) is 0 Å². The second-order valence-electron chi connectivity index (χ2n) is 5.40. The maximum atomic E-state index is 5.88. The standard InChI is InChI=1S/C15H25N3O/c1-17(7-8-18-5-3-4-6-18)12-13-9-14(16)11-15(10-13)19-2/h9-11H,3-8,12,16H2,1-2H3. The molecule has 0 bridgehead atoms. The van der Waals surface area contributed by atoms with E-state index in [1.165, 1.54) is 31.5 Å². The van der Waals surface area contributed by atoms with Crippen molar-refractivity contribution in [2.24, 2.45) is 0 Å². The summed E-state index contributed by atoms with van der Waals surface area (Å²) in [5.41, 5.74) is 7.85. The second kappa shape index (κ2) is 6.78. The van der Waals surface area contributed by atoms with Gasteiger partial charge in [0.2, 0.25) is 0 Å². The van der Waals surface area contributed by atoms with Gasteiger partial charge in [-0.25, -0.2) is 0 Å². The molecule has 1 aromatic carbocycles. The molecule has 1 aliphatic heterocycles. The van der Waals surface area contributed by atoms with Gasteiger partial charge in [0, 0.05) is 31.4 Å². The van der Waals surface area contributed by atoms with Crippen LogP contribution in [0, 0.1) is 0 Å². The molecule has 1 fully saturated rings. The third-order valence-electron chi connectivity index (χ3n) is 3.67. The quantitative estimate of drug-likeness (QED) is 0.795. The first-order chi connectivity index (χ1) is 9.17. The van der Waals surface area contributed by atoms with Gasteiger partial charge in [-0.05, 0) is 50.7 Å². The van der Waals surface area contributed by atoms with Crippen LogP contribution >= 0.6 is 0 Å². The summed E-state index contributed by atoms with van der Waals surface area (Å²) in [7, 11) is 3.83. The Labute approximate surface area is 116 Å². The van der Waals surface area contributed by atoms with Crippen LogP contribution in [0.5, 0.6) is 5.75 Å². The Morgan fingerprint density at radius 1 is 1.26 bits per heavy atom. The Balaban J connectivity index is 1.83. The van der Waals surface area contributed by atoms with Crippen molar-refractivity contribution in [2.45, 2.75) is 19.4 Å². The zero-order chi connectivity index (χ0) is 13.7. The minimum atomic E-state index is 0.766. The van der Waals surface area contributed by atoms with E-state index in [-0.39, 0.29) is 0 Å². The normalized spacial score (nSPS) is 16.2. The molecular formula is C15H25N3O. The molecule has 2 N–H and O–H groups in total. The molecule has 1 heterocycles. The zero-order valence-electron chi connectivity index (χ0n) is 12.1. The molecular weight excluding hydrogens is 238 g/mol. The Morgan fingerprint density at radius 3 is 2.68 bits per heavy atom. The second-order valence-corrected chi connectivity index (χ2v) is 5.40. The van der Waals surface area contributed by atoms with Gasteiger partial charge in [-0.15, -0.1) is 0 Å². The summed E-state index contributed by atoms with van der Waals surface area (Å²) in [6.07, 6.45) is 2.71. The summed E-state index contributed by atoms with van der Waals surface area (Å²) in [4.78, 5) is 4.88. The van der Waals surface area contributed by atoms with Crippen LogP contribution in [-0.4, -0.2) is 50.1 Å². The maximum Gasteiger partial charge on any atom is 0.121 e. The van der Waals surface area contributed by atoms with Crippen LogP contribution in [0.4, 0.5) is 5.69 Å². The number of likely N-dealkylation sites (tertiary alicyclic amines) is 1. The van der Waals surface area contributed by atoms with Crippen LogP contribution in [0.2, 0.25) is 0 Å². The first-order valence-corrected chi connectivity index (χ1v) is 7.02. The van der Waals surface area contributed by atoms with E-state index in [1.807, 2.05) is 12.1 Å². The van der Waals surface area contributed by atoms with Crippen LogP contribution in [-0.2, 0) is 6.54 Å². The first kappa shape index (κ1) is 14.2. The third kappa shape index (κ3) is 4.40. The number of rotatable bonds is 6. The van der Waals surface area contributed by atoms with Gasteiger partial charge in [0.1, 0.15) is 5.75 Å². The van der Waals surface area contributed by atoms with Gasteiger partial charge in [0.05, 0.1) is 7.11 Å². The number of likely N-dealkylation sites (N-methyl/N-ethyl adjacent to an activating group) is 1. The number of hydrogen-bond acceptors (Lipinski definition) is 4. The molecule has 4 heteroatoms. The van der Waals surface area contributed by atoms with Crippen molar-refractivity contribution < 1.29 is 4.74 Å². The largest absolute Gasteiger partial charge is 0.497 e. The number of anilines is 1. The summed E-state index contributed by atoms with van der Waals surface area (Å²) in [6, 6.07) is 5.94. The van der Waals surface area contributed by atoms with E-state index in [0.29, 0.717) is 0 Å². The number of nitrogens with zero attached hydrogens (tertiary/aromatic N) is 2. The van der Waals surface area contributed by atoms with Gasteiger partial charge < -0.3 is 20.3 Å². The van der Waals surface area contributed by atoms with Gasteiger partial charge in [0.25, 0.3) is 0 Å². The predicted octanol–water partition coefficient (Wildman–Crippen LogP) is 1.80. The monoisotopic (exact) mass is 263 g/mol. The summed E-state index contributed by atoms with van der Waals surface area (Å²) in [5.74, 6) is 0.836. The Bertz CT molecular complexity index is 402. The molecule has 0 amide bonds. The molecule has 0 atom stereocenters. The van der Waals surface area contributed by atoms with Crippen LogP contribution in [0.1, 0.15) is 18.4 Å². The highest BCUT2D eigenvalue weighted by Gasteiger charge is 2.12. The van der Waals surface area contributed by atoms with Crippen molar-refractivity contribution in [3.63, 3.8) is 0 Å². The van der Waals surface area contributed by atoms with Crippen LogP contribution < -0.4 is 10.5 Å². The number of methoxy groups -OCH3 is 1. The number of benzene rings is 1. The number of hydrogen-bond donors (Lipinski definition) is 1. The van der Waals surface area contributed by atoms with Crippen LogP contribution in [0.25, 0.3) is 0 Å². The van der Waals surface area contributed by atoms with E-state index in [0.717, 1.165) is 31.1 Å². The average molecular weight is 263 g/mol. The number of ether oxygens (including phenoxy) is 1. The molecule has 0 radical (unpaired) electrons. The van der Waals surface area contributed by atoms with Gasteiger partial charge in [-0.3, -0.25) is 0 Å². The highest BCUT2D eigenvalue weighted by molar-refractivity contribution is 5.47. The number of nitrogen functional groups attached to an aromatic ring is 1. The smallest absolute Gasteiger partial charge is 0.121 e. The van der Waals surface area contributed by atoms with Crippen molar-refractivity contribution in [3.8, 4) is 5.75 Å². The molecule has 0 aliphatic carbocycles. The Kier molecular flexibility index (Phi) is 5.05. The molecule has 1 aromatic rings. The fourth-order valence-corrected chi connectivity index (χ4v) is 2.60. The highest BCUT2D eigenvalue weighted by atomic mass is 16.5. The van der Waals surface area contributed by atoms with E-state index in [9.17, 15) is 0 Å². The van der Waals surface area contributed by atoms with Crippen LogP contribution in [0.3, 0.4) is 0 Å². The molecule has 2 rings (SSSR count). The van der Waals surface area contributed by atoms with E-state index in [4.69, 9.17) is 10.5 Å². The van der Waals surface area contributed by atoms with Crippen molar-refractivity contribution in [2.75, 3.05) is 46.1 Å². The van der Waals surface area contributed by atoms with Gasteiger partial charge in [0.15, 0.2) is 0 Å². The van der Waals surface area contributed by atoms with Gasteiger partial charge in [-0.2, -0.15) is 0 Å². The minimum absolute atomic E-state index is 0.766. The SMILES string of the molecule is COc1cc(N)cc(CN(C)CCN2CCCC2)c1. The lowest BCUT2D eigenvalue weighted by atomic mass is 10.2. The fraction of sp³-hybridized carbons (Fsp3) is 0.600. The van der Waals surface area contributed by atoms with E-state index < -0.39 is 0 Å². The number of nitrogens with two attached hydrogens (primary N) is 1. The average Bonchev–Trinajstić information content (AvgIpc) is 2.88. The summed E-state index contributed by atoms with van der Waals surface area (Å²) < 4.78 is 5.25. The molecule has 0 unspecified atom stereocenters. The molecule has 0 saturated carbocycles. The summed E-state index contributed by atoms with van der Waals surface area (Å²) in [5, 5.41) is 0. The van der Waals surface area contributed by atoms with E-state index in [2.05, 4.69) is 22.9 Å². The highest BCUT2D eigenvalue weighted by Crippen LogP contribution is 2.19. The van der Waals surface area contributed by atoms with Crippen molar-refractivity contribution in [3.05, 3.63) is 23.8 Å². The predicted molar refractivity (Wildman–Crippen MR) is 79.4 cm³/mol. The molecule has 0 spiro atoms. The van der Waals surface area contributed by atoms with E-state index in [1.54, 1.807) is 7.11 Å². The Morgan fingerprint density at radius 2 is 2.00 bits per heavy atom. The molecule has 4 nitrogen and oxygen atoms in total. The Hall–Kier alpha value is -1.26. The lowest BCUT2D eigenvalue weighted by Crippen LogP contribution is -2.31. The lowest BCUT2D eigenvalue weighted by molar-refractivity contribution is 0.252. The molecule has 0 aromatic heterocycles. The van der Waals surface area contributed by atoms with Gasteiger partial charge in [-0.1, -0.05) is 0 Å². The minimum Gasteiger partial charge on any atom is -0.497 e. The fourth-order valence-electron chi connectivity index (χ4n) is 2.60.